The lowest BCUT2D eigenvalue weighted by molar-refractivity contribution is 0.0210. The minimum Gasteiger partial charge on any atom is -0.444 e. The topological polar surface area (TPSA) is 110 Å². The molecule has 2 aromatic heterocycles. The molecule has 0 bridgehead atoms. The van der Waals surface area contributed by atoms with E-state index in [1.807, 2.05) is 31.4 Å². The monoisotopic (exact) mass is 457 g/mol. The number of carbonyl (C=O) groups is 1. The second kappa shape index (κ2) is 9.67. The van der Waals surface area contributed by atoms with Gasteiger partial charge in [-0.25, -0.2) is 9.78 Å². The minimum atomic E-state index is -0.503. The van der Waals surface area contributed by atoms with Crippen LogP contribution < -0.4 is 10.9 Å². The lowest BCUT2D eigenvalue weighted by atomic mass is 10.1. The first-order valence-corrected chi connectivity index (χ1v) is 12.0. The van der Waals surface area contributed by atoms with Crippen LogP contribution in [0.3, 0.4) is 0 Å². The van der Waals surface area contributed by atoms with Gasteiger partial charge in [0.05, 0.1) is 0 Å². The van der Waals surface area contributed by atoms with Crippen LogP contribution in [0.1, 0.15) is 70.9 Å². The molecule has 0 unspecified atom stereocenters. The number of nitrogens with zero attached hydrogens (tertiary/aromatic N) is 4. The number of aromatic nitrogens is 3. The van der Waals surface area contributed by atoms with E-state index in [4.69, 9.17) is 9.72 Å². The standard InChI is InChI=1S/C24H35N5O4/c1-24(2,3)33-23(32)28-11-8-18(9-12-28)26-22-25-15-17-14-16(10-13-30)21(31)29(20(17)27-22)19-6-4-5-7-19/h14-15,18-19,30H,4-13H2,1-3H3,(H,25,26,27). The van der Waals surface area contributed by atoms with E-state index < -0.39 is 5.60 Å². The van der Waals surface area contributed by atoms with E-state index >= 15 is 0 Å². The smallest absolute Gasteiger partial charge is 0.410 e. The number of fused-ring (bicyclic) bond motifs is 1. The van der Waals surface area contributed by atoms with Crippen LogP contribution >= 0.6 is 0 Å². The first kappa shape index (κ1) is 23.5. The van der Waals surface area contributed by atoms with Gasteiger partial charge in [-0.2, -0.15) is 4.98 Å². The first-order valence-electron chi connectivity index (χ1n) is 12.0. The van der Waals surface area contributed by atoms with Crippen LogP contribution in [0.15, 0.2) is 17.1 Å². The predicted molar refractivity (Wildman–Crippen MR) is 127 cm³/mol. The molecular weight excluding hydrogens is 422 g/mol. The molecule has 1 amide bonds. The molecule has 2 N–H and O–H groups in total. The van der Waals surface area contributed by atoms with Gasteiger partial charge in [-0.1, -0.05) is 12.8 Å². The van der Waals surface area contributed by atoms with Gasteiger partial charge in [0, 0.05) is 55.3 Å². The Morgan fingerprint density at radius 3 is 2.55 bits per heavy atom. The van der Waals surface area contributed by atoms with E-state index in [1.54, 1.807) is 11.1 Å². The summed E-state index contributed by atoms with van der Waals surface area (Å²) in [6, 6.07) is 2.09. The van der Waals surface area contributed by atoms with Gasteiger partial charge in [-0.3, -0.25) is 9.36 Å². The van der Waals surface area contributed by atoms with Crippen molar-refractivity contribution in [1.82, 2.24) is 19.4 Å². The van der Waals surface area contributed by atoms with Crippen molar-refractivity contribution in [2.45, 2.75) is 83.4 Å². The number of rotatable bonds is 5. The summed E-state index contributed by atoms with van der Waals surface area (Å²) in [5, 5.41) is 13.6. The molecule has 1 aliphatic carbocycles. The van der Waals surface area contributed by atoms with Crippen molar-refractivity contribution in [3.63, 3.8) is 0 Å². The quantitative estimate of drug-likeness (QED) is 0.709. The van der Waals surface area contributed by atoms with Crippen molar-refractivity contribution < 1.29 is 14.6 Å². The Kier molecular flexibility index (Phi) is 6.88. The molecular formula is C24H35N5O4. The van der Waals surface area contributed by atoms with E-state index in [-0.39, 0.29) is 30.3 Å². The summed E-state index contributed by atoms with van der Waals surface area (Å²) in [6.45, 7) is 6.76. The molecule has 0 atom stereocenters. The fourth-order valence-electron chi connectivity index (χ4n) is 4.76. The summed E-state index contributed by atoms with van der Waals surface area (Å²) < 4.78 is 7.30. The van der Waals surface area contributed by atoms with Gasteiger partial charge in [0.25, 0.3) is 5.56 Å². The summed E-state index contributed by atoms with van der Waals surface area (Å²) in [5.41, 5.74) is 0.698. The summed E-state index contributed by atoms with van der Waals surface area (Å²) in [7, 11) is 0. The maximum atomic E-state index is 13.2. The number of amides is 1. The number of likely N-dealkylation sites (tertiary alicyclic amines) is 1. The summed E-state index contributed by atoms with van der Waals surface area (Å²) in [4.78, 5) is 36.5. The normalized spacial score (nSPS) is 18.1. The molecule has 0 spiro atoms. The SMILES string of the molecule is CC(C)(C)OC(=O)N1CCC(Nc2ncc3cc(CCO)c(=O)n(C4CCCC4)c3n2)CC1. The van der Waals surface area contributed by atoms with Crippen molar-refractivity contribution in [3.05, 3.63) is 28.2 Å². The van der Waals surface area contributed by atoms with Crippen molar-refractivity contribution in [1.29, 1.82) is 0 Å². The molecule has 9 heteroatoms. The number of piperidine rings is 1. The number of carbonyl (C=O) groups excluding carboxylic acids is 1. The highest BCUT2D eigenvalue weighted by Crippen LogP contribution is 2.31. The molecule has 2 fully saturated rings. The van der Waals surface area contributed by atoms with Gasteiger partial charge in [-0.15, -0.1) is 0 Å². The largest absolute Gasteiger partial charge is 0.444 e. The Balaban J connectivity index is 1.51. The van der Waals surface area contributed by atoms with Gasteiger partial charge >= 0.3 is 6.09 Å². The first-order chi connectivity index (χ1) is 15.7. The molecule has 0 aromatic carbocycles. The van der Waals surface area contributed by atoms with Gasteiger partial charge in [0.2, 0.25) is 5.95 Å². The number of hydrogen-bond acceptors (Lipinski definition) is 7. The van der Waals surface area contributed by atoms with Crippen molar-refractivity contribution in [2.24, 2.45) is 0 Å². The molecule has 4 rings (SSSR count). The molecule has 2 aromatic rings. The Bertz CT molecular complexity index is 1050. The molecule has 1 saturated carbocycles. The van der Waals surface area contributed by atoms with Crippen LogP contribution in [-0.4, -0.2) is 62.0 Å². The van der Waals surface area contributed by atoms with Gasteiger partial charge in [0.1, 0.15) is 11.2 Å². The van der Waals surface area contributed by atoms with Gasteiger partial charge in [0.15, 0.2) is 0 Å². The van der Waals surface area contributed by atoms with Gasteiger partial charge < -0.3 is 20.1 Å². The molecule has 0 radical (unpaired) electrons. The van der Waals surface area contributed by atoms with Crippen LogP contribution in [0, 0.1) is 0 Å². The summed E-state index contributed by atoms with van der Waals surface area (Å²) in [5.74, 6) is 0.499. The number of ether oxygens (including phenoxy) is 1. The van der Waals surface area contributed by atoms with Gasteiger partial charge in [-0.05, 0) is 52.5 Å². The lowest BCUT2D eigenvalue weighted by Gasteiger charge is -2.33. The maximum absolute atomic E-state index is 13.2. The van der Waals surface area contributed by atoms with E-state index in [9.17, 15) is 14.7 Å². The fraction of sp³-hybridized carbons (Fsp3) is 0.667. The van der Waals surface area contributed by atoms with Crippen LogP contribution in [0.2, 0.25) is 0 Å². The number of nitrogens with one attached hydrogen (secondary N) is 1. The molecule has 180 valence electrons. The molecule has 1 saturated heterocycles. The second-order valence-electron chi connectivity index (χ2n) is 10.1. The van der Waals surface area contributed by atoms with Crippen molar-refractivity contribution >= 4 is 23.1 Å². The zero-order valence-corrected chi connectivity index (χ0v) is 19.8. The molecule has 9 nitrogen and oxygen atoms in total. The number of hydrogen-bond donors (Lipinski definition) is 2. The lowest BCUT2D eigenvalue weighted by Crippen LogP contribution is -2.44. The number of anilines is 1. The fourth-order valence-corrected chi connectivity index (χ4v) is 4.76. The minimum absolute atomic E-state index is 0.0567. The third-order valence-corrected chi connectivity index (χ3v) is 6.40. The molecule has 1 aliphatic heterocycles. The highest BCUT2D eigenvalue weighted by atomic mass is 16.6. The highest BCUT2D eigenvalue weighted by Gasteiger charge is 2.28. The maximum Gasteiger partial charge on any atom is 0.410 e. The third-order valence-electron chi connectivity index (χ3n) is 6.40. The van der Waals surface area contributed by atoms with Crippen molar-refractivity contribution in [3.8, 4) is 0 Å². The molecule has 2 aliphatic rings. The zero-order chi connectivity index (χ0) is 23.6. The Morgan fingerprint density at radius 1 is 1.21 bits per heavy atom. The summed E-state index contributed by atoms with van der Waals surface area (Å²) >= 11 is 0. The number of pyridine rings is 1. The number of aliphatic hydroxyl groups excluding tert-OH is 1. The van der Waals surface area contributed by atoms with Crippen LogP contribution in [-0.2, 0) is 11.2 Å². The van der Waals surface area contributed by atoms with E-state index in [1.165, 1.54) is 0 Å². The summed E-state index contributed by atoms with van der Waals surface area (Å²) in [6.07, 6.45) is 7.49. The van der Waals surface area contributed by atoms with E-state index in [0.717, 1.165) is 43.9 Å². The average molecular weight is 458 g/mol. The van der Waals surface area contributed by atoms with E-state index in [0.29, 0.717) is 36.7 Å². The van der Waals surface area contributed by atoms with Crippen LogP contribution in [0.4, 0.5) is 10.7 Å². The molecule has 33 heavy (non-hydrogen) atoms. The van der Waals surface area contributed by atoms with E-state index in [2.05, 4.69) is 10.3 Å². The third kappa shape index (κ3) is 5.46. The Hall–Kier alpha value is -2.68. The zero-order valence-electron chi connectivity index (χ0n) is 19.8. The average Bonchev–Trinajstić information content (AvgIpc) is 3.28. The predicted octanol–water partition coefficient (Wildman–Crippen LogP) is 3.25. The Labute approximate surface area is 194 Å². The van der Waals surface area contributed by atoms with Crippen LogP contribution in [0.25, 0.3) is 11.0 Å². The van der Waals surface area contributed by atoms with Crippen LogP contribution in [0.5, 0.6) is 0 Å². The highest BCUT2D eigenvalue weighted by molar-refractivity contribution is 5.76. The van der Waals surface area contributed by atoms with Crippen molar-refractivity contribution in [2.75, 3.05) is 25.0 Å². The second-order valence-corrected chi connectivity index (χ2v) is 10.1. The number of aliphatic hydroxyl groups is 1. The molecule has 3 heterocycles. The Morgan fingerprint density at radius 2 is 1.91 bits per heavy atom.